The molecular weight excluding hydrogens is 242 g/mol. The second-order valence-corrected chi connectivity index (χ2v) is 5.08. The highest BCUT2D eigenvalue weighted by Gasteiger charge is 2.15. The molecule has 0 radical (unpaired) electrons. The first-order chi connectivity index (χ1) is 8.84. The summed E-state index contributed by atoms with van der Waals surface area (Å²) in [5.74, 6) is -0.0274. The molecule has 0 aliphatic carbocycles. The van der Waals surface area contributed by atoms with E-state index in [1.54, 1.807) is 24.3 Å². The van der Waals surface area contributed by atoms with Gasteiger partial charge >= 0.3 is 6.03 Å². The third kappa shape index (κ3) is 5.09. The van der Waals surface area contributed by atoms with Gasteiger partial charge in [-0.1, -0.05) is 12.1 Å². The van der Waals surface area contributed by atoms with Crippen molar-refractivity contribution in [2.45, 2.75) is 26.3 Å². The second kappa shape index (κ2) is 6.33. The van der Waals surface area contributed by atoms with E-state index in [1.165, 1.54) is 6.92 Å². The van der Waals surface area contributed by atoms with Crippen molar-refractivity contribution in [1.29, 1.82) is 0 Å². The first-order valence-electron chi connectivity index (χ1n) is 6.19. The van der Waals surface area contributed by atoms with E-state index in [4.69, 9.17) is 0 Å². The zero-order valence-electron chi connectivity index (χ0n) is 11.8. The lowest BCUT2D eigenvalue weighted by molar-refractivity contribution is 0.101. The van der Waals surface area contributed by atoms with Gasteiger partial charge in [0.25, 0.3) is 0 Å². The Morgan fingerprint density at radius 1 is 1.26 bits per heavy atom. The van der Waals surface area contributed by atoms with E-state index in [0.717, 1.165) is 0 Å². The summed E-state index contributed by atoms with van der Waals surface area (Å²) in [6.45, 7) is 5.98. The van der Waals surface area contributed by atoms with Crippen LogP contribution < -0.4 is 16.0 Å². The summed E-state index contributed by atoms with van der Waals surface area (Å²) < 4.78 is 0. The molecule has 0 atom stereocenters. The number of Topliss-reactive ketones (excluding diaryl/α,β-unsaturated/α-hetero) is 1. The topological polar surface area (TPSA) is 70.2 Å². The number of rotatable bonds is 5. The van der Waals surface area contributed by atoms with Crippen LogP contribution in [0, 0.1) is 0 Å². The lowest BCUT2D eigenvalue weighted by Crippen LogP contribution is -2.48. The van der Waals surface area contributed by atoms with Gasteiger partial charge in [0.2, 0.25) is 0 Å². The SMILES string of the molecule is CNC(C)(C)CNC(=O)Nc1cccc(C(C)=O)c1. The minimum Gasteiger partial charge on any atom is -0.336 e. The molecule has 0 bridgehead atoms. The first-order valence-corrected chi connectivity index (χ1v) is 6.19. The van der Waals surface area contributed by atoms with E-state index >= 15 is 0 Å². The molecule has 0 unspecified atom stereocenters. The van der Waals surface area contributed by atoms with Gasteiger partial charge in [-0.3, -0.25) is 4.79 Å². The Morgan fingerprint density at radius 3 is 2.53 bits per heavy atom. The van der Waals surface area contributed by atoms with Gasteiger partial charge in [0.05, 0.1) is 0 Å². The van der Waals surface area contributed by atoms with Gasteiger partial charge < -0.3 is 16.0 Å². The predicted molar refractivity (Wildman–Crippen MR) is 76.6 cm³/mol. The molecule has 0 aliphatic heterocycles. The van der Waals surface area contributed by atoms with E-state index in [0.29, 0.717) is 17.8 Å². The van der Waals surface area contributed by atoms with Gasteiger partial charge in [-0.05, 0) is 40.0 Å². The van der Waals surface area contributed by atoms with Crippen LogP contribution in [0.15, 0.2) is 24.3 Å². The van der Waals surface area contributed by atoms with Crippen molar-refractivity contribution in [3.8, 4) is 0 Å². The van der Waals surface area contributed by atoms with Gasteiger partial charge in [0, 0.05) is 23.3 Å². The van der Waals surface area contributed by atoms with E-state index < -0.39 is 0 Å². The fraction of sp³-hybridized carbons (Fsp3) is 0.429. The first kappa shape index (κ1) is 15.2. The molecule has 1 aromatic rings. The van der Waals surface area contributed by atoms with E-state index in [2.05, 4.69) is 16.0 Å². The van der Waals surface area contributed by atoms with E-state index in [1.807, 2.05) is 20.9 Å². The molecular formula is C14H21N3O2. The smallest absolute Gasteiger partial charge is 0.319 e. The fourth-order valence-electron chi connectivity index (χ4n) is 1.38. The Hall–Kier alpha value is -1.88. The maximum absolute atomic E-state index is 11.7. The van der Waals surface area contributed by atoms with Crippen molar-refractivity contribution in [2.75, 3.05) is 18.9 Å². The highest BCUT2D eigenvalue weighted by Crippen LogP contribution is 2.11. The number of hydrogen-bond acceptors (Lipinski definition) is 3. The fourth-order valence-corrected chi connectivity index (χ4v) is 1.38. The molecule has 0 heterocycles. The Balaban J connectivity index is 2.58. The number of benzene rings is 1. The van der Waals surface area contributed by atoms with Crippen molar-refractivity contribution in [3.05, 3.63) is 29.8 Å². The molecule has 19 heavy (non-hydrogen) atoms. The summed E-state index contributed by atoms with van der Waals surface area (Å²) >= 11 is 0. The summed E-state index contributed by atoms with van der Waals surface area (Å²) in [5, 5.41) is 8.57. The van der Waals surface area contributed by atoms with Gasteiger partial charge in [0.1, 0.15) is 0 Å². The summed E-state index contributed by atoms with van der Waals surface area (Å²) in [4.78, 5) is 23.0. The molecule has 5 nitrogen and oxygen atoms in total. The van der Waals surface area contributed by atoms with Crippen LogP contribution in [0.4, 0.5) is 10.5 Å². The van der Waals surface area contributed by atoms with Crippen LogP contribution in [-0.4, -0.2) is 30.9 Å². The average molecular weight is 263 g/mol. The summed E-state index contributed by atoms with van der Waals surface area (Å²) in [6, 6.07) is 6.57. The van der Waals surface area contributed by atoms with E-state index in [-0.39, 0.29) is 17.4 Å². The Bertz CT molecular complexity index is 470. The number of carbonyl (C=O) groups excluding carboxylic acids is 2. The molecule has 3 N–H and O–H groups in total. The third-order valence-corrected chi connectivity index (χ3v) is 2.89. The van der Waals surface area contributed by atoms with Crippen molar-refractivity contribution >= 4 is 17.5 Å². The van der Waals surface area contributed by atoms with Crippen LogP contribution in [0.1, 0.15) is 31.1 Å². The molecule has 2 amide bonds. The molecule has 0 saturated carbocycles. The van der Waals surface area contributed by atoms with Crippen molar-refractivity contribution < 1.29 is 9.59 Å². The molecule has 0 saturated heterocycles. The Kier molecular flexibility index (Phi) is 5.06. The molecule has 0 aromatic heterocycles. The number of hydrogen-bond donors (Lipinski definition) is 3. The molecule has 0 fully saturated rings. The van der Waals surface area contributed by atoms with Crippen LogP contribution in [0.2, 0.25) is 0 Å². The Labute approximate surface area is 113 Å². The van der Waals surface area contributed by atoms with Crippen LogP contribution in [0.25, 0.3) is 0 Å². The van der Waals surface area contributed by atoms with Crippen LogP contribution in [-0.2, 0) is 0 Å². The zero-order valence-corrected chi connectivity index (χ0v) is 11.8. The van der Waals surface area contributed by atoms with Gasteiger partial charge in [-0.15, -0.1) is 0 Å². The standard InChI is InChI=1S/C14H21N3O2/c1-10(18)11-6-5-7-12(8-11)17-13(19)16-9-14(2,3)15-4/h5-8,15H,9H2,1-4H3,(H2,16,17,19). The number of likely N-dealkylation sites (N-methyl/N-ethyl adjacent to an activating group) is 1. The lowest BCUT2D eigenvalue weighted by Gasteiger charge is -2.24. The van der Waals surface area contributed by atoms with Crippen molar-refractivity contribution in [3.63, 3.8) is 0 Å². The number of amides is 2. The predicted octanol–water partition coefficient (Wildman–Crippen LogP) is 2.01. The summed E-state index contributed by atoms with van der Waals surface area (Å²) in [6.07, 6.45) is 0. The number of urea groups is 1. The number of carbonyl (C=O) groups is 2. The largest absolute Gasteiger partial charge is 0.336 e. The zero-order chi connectivity index (χ0) is 14.5. The highest BCUT2D eigenvalue weighted by atomic mass is 16.2. The number of anilines is 1. The normalized spacial score (nSPS) is 10.9. The van der Waals surface area contributed by atoms with Gasteiger partial charge in [0.15, 0.2) is 5.78 Å². The van der Waals surface area contributed by atoms with Gasteiger partial charge in [-0.25, -0.2) is 4.79 Å². The monoisotopic (exact) mass is 263 g/mol. The average Bonchev–Trinajstić information content (AvgIpc) is 2.37. The highest BCUT2D eigenvalue weighted by molar-refractivity contribution is 5.96. The lowest BCUT2D eigenvalue weighted by atomic mass is 10.1. The Morgan fingerprint density at radius 2 is 1.95 bits per heavy atom. The van der Waals surface area contributed by atoms with Crippen LogP contribution in [0.3, 0.4) is 0 Å². The maximum atomic E-state index is 11.7. The molecule has 0 aliphatic rings. The second-order valence-electron chi connectivity index (χ2n) is 5.08. The summed E-state index contributed by atoms with van der Waals surface area (Å²) in [7, 11) is 1.84. The minimum atomic E-state index is -0.288. The third-order valence-electron chi connectivity index (χ3n) is 2.89. The van der Waals surface area contributed by atoms with Crippen LogP contribution >= 0.6 is 0 Å². The molecule has 1 aromatic carbocycles. The molecule has 5 heteroatoms. The quantitative estimate of drug-likeness (QED) is 0.712. The minimum absolute atomic E-state index is 0.0274. The molecule has 1 rings (SSSR count). The molecule has 104 valence electrons. The maximum Gasteiger partial charge on any atom is 0.319 e. The van der Waals surface area contributed by atoms with Crippen molar-refractivity contribution in [1.82, 2.24) is 10.6 Å². The molecule has 0 spiro atoms. The van der Waals surface area contributed by atoms with Crippen LogP contribution in [0.5, 0.6) is 0 Å². The van der Waals surface area contributed by atoms with Crippen molar-refractivity contribution in [2.24, 2.45) is 0 Å². The van der Waals surface area contributed by atoms with Gasteiger partial charge in [-0.2, -0.15) is 0 Å². The number of nitrogens with one attached hydrogen (secondary N) is 3. The number of ketones is 1. The van der Waals surface area contributed by atoms with E-state index in [9.17, 15) is 9.59 Å². The summed E-state index contributed by atoms with van der Waals surface area (Å²) in [5.41, 5.74) is 1.01.